The summed E-state index contributed by atoms with van der Waals surface area (Å²) in [7, 11) is 1.69. The fraction of sp³-hybridized carbons (Fsp3) is 0.571. The Hall–Kier alpha value is -1.06. The van der Waals surface area contributed by atoms with Gasteiger partial charge in [0.15, 0.2) is 0 Å². The fourth-order valence-corrected chi connectivity index (χ4v) is 1.58. The smallest absolute Gasteiger partial charge is 0.119 e. The van der Waals surface area contributed by atoms with Crippen LogP contribution in [0.15, 0.2) is 24.3 Å². The molecule has 0 radical (unpaired) electrons. The van der Waals surface area contributed by atoms with Gasteiger partial charge in [0.05, 0.1) is 6.10 Å². The van der Waals surface area contributed by atoms with E-state index in [0.717, 1.165) is 12.3 Å². The van der Waals surface area contributed by atoms with E-state index in [1.54, 1.807) is 7.11 Å². The molecule has 0 amide bonds. The van der Waals surface area contributed by atoms with E-state index in [1.165, 1.54) is 5.56 Å². The molecule has 1 N–H and O–H groups in total. The van der Waals surface area contributed by atoms with Gasteiger partial charge in [0.2, 0.25) is 0 Å². The third kappa shape index (κ3) is 4.75. The Morgan fingerprint density at radius 3 is 2.71 bits per heavy atom. The minimum Gasteiger partial charge on any atom is -0.491 e. The zero-order valence-electron chi connectivity index (χ0n) is 11.2. The van der Waals surface area contributed by atoms with Crippen molar-refractivity contribution in [2.24, 2.45) is 0 Å². The van der Waals surface area contributed by atoms with Gasteiger partial charge in [-0.15, -0.1) is 0 Å². The molecule has 0 saturated heterocycles. The maximum Gasteiger partial charge on any atom is 0.119 e. The van der Waals surface area contributed by atoms with Gasteiger partial charge in [0.25, 0.3) is 0 Å². The summed E-state index contributed by atoms with van der Waals surface area (Å²) in [6, 6.07) is 8.54. The highest BCUT2D eigenvalue weighted by Crippen LogP contribution is 2.19. The summed E-state index contributed by atoms with van der Waals surface area (Å²) in [6.07, 6.45) is 0.116. The molecule has 1 aromatic carbocycles. The Labute approximate surface area is 104 Å². The summed E-state index contributed by atoms with van der Waals surface area (Å²) in [4.78, 5) is 0. The summed E-state index contributed by atoms with van der Waals surface area (Å²) in [6.45, 7) is 7.80. The van der Waals surface area contributed by atoms with Crippen molar-refractivity contribution in [1.82, 2.24) is 5.32 Å². The number of ether oxygens (including phenoxy) is 2. The van der Waals surface area contributed by atoms with Crippen molar-refractivity contribution in [2.75, 3.05) is 20.3 Å². The minimum absolute atomic E-state index is 0.116. The van der Waals surface area contributed by atoms with Crippen LogP contribution in [0.2, 0.25) is 0 Å². The zero-order chi connectivity index (χ0) is 12.7. The number of methoxy groups -OCH3 is 1. The molecule has 0 aliphatic rings. The van der Waals surface area contributed by atoms with Crippen molar-refractivity contribution in [2.45, 2.75) is 32.9 Å². The van der Waals surface area contributed by atoms with Crippen LogP contribution in [0.4, 0.5) is 0 Å². The van der Waals surface area contributed by atoms with E-state index >= 15 is 0 Å². The van der Waals surface area contributed by atoms with Gasteiger partial charge in [-0.05, 0) is 38.1 Å². The number of rotatable bonds is 7. The Balaban J connectivity index is 2.59. The molecule has 0 aromatic heterocycles. The lowest BCUT2D eigenvalue weighted by atomic mass is 10.1. The normalized spacial score (nSPS) is 14.4. The maximum absolute atomic E-state index is 5.67. The van der Waals surface area contributed by atoms with Crippen molar-refractivity contribution in [3.63, 3.8) is 0 Å². The van der Waals surface area contributed by atoms with Gasteiger partial charge in [-0.1, -0.05) is 19.1 Å². The Kier molecular flexibility index (Phi) is 6.01. The number of hydrogen-bond donors (Lipinski definition) is 1. The van der Waals surface area contributed by atoms with Crippen LogP contribution in [0.5, 0.6) is 5.75 Å². The Morgan fingerprint density at radius 1 is 1.29 bits per heavy atom. The van der Waals surface area contributed by atoms with E-state index in [1.807, 2.05) is 19.1 Å². The molecular weight excluding hydrogens is 214 g/mol. The third-order valence-electron chi connectivity index (χ3n) is 2.76. The summed E-state index contributed by atoms with van der Waals surface area (Å²) >= 11 is 0. The predicted molar refractivity (Wildman–Crippen MR) is 70.5 cm³/mol. The van der Waals surface area contributed by atoms with E-state index in [2.05, 4.69) is 31.3 Å². The van der Waals surface area contributed by atoms with E-state index in [9.17, 15) is 0 Å². The molecule has 0 bridgehead atoms. The van der Waals surface area contributed by atoms with Gasteiger partial charge >= 0.3 is 0 Å². The van der Waals surface area contributed by atoms with Gasteiger partial charge in [-0.2, -0.15) is 0 Å². The second-order valence-electron chi connectivity index (χ2n) is 4.21. The molecule has 0 spiro atoms. The first-order valence-electron chi connectivity index (χ1n) is 6.16. The Bertz CT molecular complexity index is 328. The van der Waals surface area contributed by atoms with Crippen molar-refractivity contribution in [3.8, 4) is 5.75 Å². The molecule has 0 fully saturated rings. The predicted octanol–water partition coefficient (Wildman–Crippen LogP) is 2.77. The minimum atomic E-state index is 0.116. The van der Waals surface area contributed by atoms with Gasteiger partial charge in [-0.3, -0.25) is 0 Å². The molecule has 2 unspecified atom stereocenters. The van der Waals surface area contributed by atoms with Gasteiger partial charge in [-0.25, -0.2) is 0 Å². The summed E-state index contributed by atoms with van der Waals surface area (Å²) in [5.41, 5.74) is 1.24. The lowest BCUT2D eigenvalue weighted by molar-refractivity contribution is 0.0716. The van der Waals surface area contributed by atoms with Crippen LogP contribution >= 0.6 is 0 Å². The fourth-order valence-electron chi connectivity index (χ4n) is 1.58. The summed E-state index contributed by atoms with van der Waals surface area (Å²) in [5.74, 6) is 0.899. The highest BCUT2D eigenvalue weighted by Gasteiger charge is 2.06. The summed E-state index contributed by atoms with van der Waals surface area (Å²) < 4.78 is 10.8. The van der Waals surface area contributed by atoms with Crippen molar-refractivity contribution < 1.29 is 9.47 Å². The largest absolute Gasteiger partial charge is 0.491 e. The van der Waals surface area contributed by atoms with Crippen LogP contribution in [0, 0.1) is 0 Å². The first-order chi connectivity index (χ1) is 8.17. The molecule has 2 atom stereocenters. The molecule has 0 saturated carbocycles. The molecular formula is C14H23NO2. The standard InChI is InChI=1S/C14H23NO2/c1-5-15-12(3)13-7-6-8-14(9-13)17-10-11(2)16-4/h6-9,11-12,15H,5,10H2,1-4H3. The molecule has 3 nitrogen and oxygen atoms in total. The topological polar surface area (TPSA) is 30.5 Å². The second kappa shape index (κ2) is 7.30. The SMILES string of the molecule is CCNC(C)c1cccc(OCC(C)OC)c1. The van der Waals surface area contributed by atoms with E-state index < -0.39 is 0 Å². The molecule has 96 valence electrons. The molecule has 1 aromatic rings. The molecule has 0 aliphatic carbocycles. The van der Waals surface area contributed by atoms with Crippen LogP contribution < -0.4 is 10.1 Å². The van der Waals surface area contributed by atoms with Gasteiger partial charge < -0.3 is 14.8 Å². The maximum atomic E-state index is 5.67. The van der Waals surface area contributed by atoms with Crippen molar-refractivity contribution in [1.29, 1.82) is 0 Å². The highest BCUT2D eigenvalue weighted by molar-refractivity contribution is 5.30. The molecule has 0 aliphatic heterocycles. The van der Waals surface area contributed by atoms with Gasteiger partial charge in [0, 0.05) is 13.2 Å². The molecule has 1 rings (SSSR count). The number of hydrogen-bond acceptors (Lipinski definition) is 3. The number of benzene rings is 1. The average molecular weight is 237 g/mol. The van der Waals surface area contributed by atoms with Crippen molar-refractivity contribution >= 4 is 0 Å². The van der Waals surface area contributed by atoms with Crippen LogP contribution in [0.1, 0.15) is 32.4 Å². The van der Waals surface area contributed by atoms with Crippen LogP contribution in [-0.4, -0.2) is 26.4 Å². The average Bonchev–Trinajstić information content (AvgIpc) is 2.36. The highest BCUT2D eigenvalue weighted by atomic mass is 16.5. The van der Waals surface area contributed by atoms with Gasteiger partial charge in [0.1, 0.15) is 12.4 Å². The number of nitrogens with one attached hydrogen (secondary N) is 1. The zero-order valence-corrected chi connectivity index (χ0v) is 11.2. The lowest BCUT2D eigenvalue weighted by Crippen LogP contribution is -2.18. The molecule has 0 heterocycles. The summed E-state index contributed by atoms with van der Waals surface area (Å²) in [5, 5.41) is 3.38. The van der Waals surface area contributed by atoms with Crippen molar-refractivity contribution in [3.05, 3.63) is 29.8 Å². The first kappa shape index (κ1) is 14.0. The molecule has 17 heavy (non-hydrogen) atoms. The van der Waals surface area contributed by atoms with E-state index in [0.29, 0.717) is 12.6 Å². The van der Waals surface area contributed by atoms with Crippen LogP contribution in [0.3, 0.4) is 0 Å². The van der Waals surface area contributed by atoms with E-state index in [4.69, 9.17) is 9.47 Å². The quantitative estimate of drug-likeness (QED) is 0.791. The van der Waals surface area contributed by atoms with E-state index in [-0.39, 0.29) is 6.10 Å². The monoisotopic (exact) mass is 237 g/mol. The van der Waals surface area contributed by atoms with Crippen LogP contribution in [0.25, 0.3) is 0 Å². The molecule has 3 heteroatoms. The first-order valence-corrected chi connectivity index (χ1v) is 6.16. The third-order valence-corrected chi connectivity index (χ3v) is 2.76. The van der Waals surface area contributed by atoms with Crippen LogP contribution in [-0.2, 0) is 4.74 Å². The second-order valence-corrected chi connectivity index (χ2v) is 4.21. The Morgan fingerprint density at radius 2 is 2.06 bits per heavy atom. The lowest BCUT2D eigenvalue weighted by Gasteiger charge is -2.15.